The highest BCUT2D eigenvalue weighted by Gasteiger charge is 2.25. The van der Waals surface area contributed by atoms with Gasteiger partial charge in [-0.3, -0.25) is 14.5 Å². The van der Waals surface area contributed by atoms with E-state index in [-0.39, 0.29) is 11.8 Å². The van der Waals surface area contributed by atoms with E-state index in [0.29, 0.717) is 5.75 Å². The summed E-state index contributed by atoms with van der Waals surface area (Å²) in [6.07, 6.45) is 2.20. The second kappa shape index (κ2) is 9.78. The van der Waals surface area contributed by atoms with E-state index in [1.807, 2.05) is 34.1 Å². The molecule has 2 saturated heterocycles. The minimum absolute atomic E-state index is 0.0810. The average molecular weight is 430 g/mol. The van der Waals surface area contributed by atoms with Crippen molar-refractivity contribution >= 4 is 34.9 Å². The van der Waals surface area contributed by atoms with Gasteiger partial charge in [0.1, 0.15) is 0 Å². The Morgan fingerprint density at radius 3 is 2.38 bits per heavy atom. The van der Waals surface area contributed by atoms with Crippen LogP contribution in [0.5, 0.6) is 0 Å². The minimum Gasteiger partial charge on any atom is -0.342 e. The topological polar surface area (TPSA) is 43.9 Å². The Labute approximate surface area is 180 Å². The van der Waals surface area contributed by atoms with Crippen molar-refractivity contribution in [1.82, 2.24) is 14.7 Å². The third kappa shape index (κ3) is 5.21. The Morgan fingerprint density at radius 2 is 1.66 bits per heavy atom. The summed E-state index contributed by atoms with van der Waals surface area (Å²) in [6.45, 7) is 5.99. The number of likely N-dealkylation sites (tertiary alicyclic amines) is 1. The van der Waals surface area contributed by atoms with Crippen molar-refractivity contribution in [3.63, 3.8) is 0 Å². The van der Waals surface area contributed by atoms with Crippen molar-refractivity contribution in [1.29, 1.82) is 0 Å². The number of thioether (sulfide) groups is 1. The summed E-state index contributed by atoms with van der Waals surface area (Å²) in [5.41, 5.74) is 0.721. The normalized spacial score (nSPS) is 17.7. The van der Waals surface area contributed by atoms with Crippen molar-refractivity contribution in [3.05, 3.63) is 52.2 Å². The van der Waals surface area contributed by atoms with E-state index in [1.54, 1.807) is 11.3 Å². The molecule has 7 heteroatoms. The predicted molar refractivity (Wildman–Crippen MR) is 118 cm³/mol. The van der Waals surface area contributed by atoms with Crippen LogP contribution in [0.15, 0.2) is 46.7 Å². The number of piperazine rings is 1. The molecule has 2 aliphatic heterocycles. The first-order valence-corrected chi connectivity index (χ1v) is 12.1. The van der Waals surface area contributed by atoms with Gasteiger partial charge in [-0.2, -0.15) is 0 Å². The van der Waals surface area contributed by atoms with Crippen LogP contribution < -0.4 is 0 Å². The van der Waals surface area contributed by atoms with Crippen LogP contribution >= 0.6 is 23.1 Å². The molecule has 0 radical (unpaired) electrons. The standard InChI is InChI=1S/C22H27N3O2S2/c26-21(24-9-3-4-10-24)17-29-20-8-2-1-7-19(20)22(27)25-13-11-23(12-14-25)16-18-6-5-15-28-18/h1-2,5-8,15H,3-4,9-14,16-17H2. The lowest BCUT2D eigenvalue weighted by atomic mass is 10.2. The van der Waals surface area contributed by atoms with E-state index in [2.05, 4.69) is 22.4 Å². The van der Waals surface area contributed by atoms with E-state index in [9.17, 15) is 9.59 Å². The highest BCUT2D eigenvalue weighted by atomic mass is 32.2. The maximum absolute atomic E-state index is 13.1. The van der Waals surface area contributed by atoms with Gasteiger partial charge in [-0.1, -0.05) is 18.2 Å². The van der Waals surface area contributed by atoms with Crippen LogP contribution in [-0.2, 0) is 11.3 Å². The van der Waals surface area contributed by atoms with Gasteiger partial charge in [0.2, 0.25) is 5.91 Å². The Balaban J connectivity index is 1.33. The van der Waals surface area contributed by atoms with Crippen molar-refractivity contribution in [2.75, 3.05) is 45.0 Å². The average Bonchev–Trinajstić information content (AvgIpc) is 3.47. The molecule has 29 heavy (non-hydrogen) atoms. The molecule has 3 heterocycles. The summed E-state index contributed by atoms with van der Waals surface area (Å²) in [7, 11) is 0. The highest BCUT2D eigenvalue weighted by Crippen LogP contribution is 2.25. The van der Waals surface area contributed by atoms with Crippen LogP contribution in [0.1, 0.15) is 28.1 Å². The fraction of sp³-hybridized carbons (Fsp3) is 0.455. The largest absolute Gasteiger partial charge is 0.342 e. The molecular formula is C22H27N3O2S2. The van der Waals surface area contributed by atoms with Crippen molar-refractivity contribution < 1.29 is 9.59 Å². The molecule has 0 bridgehead atoms. The molecule has 0 atom stereocenters. The van der Waals surface area contributed by atoms with Gasteiger partial charge >= 0.3 is 0 Å². The molecule has 2 fully saturated rings. The fourth-order valence-electron chi connectivity index (χ4n) is 3.87. The molecule has 1 aromatic heterocycles. The summed E-state index contributed by atoms with van der Waals surface area (Å²) >= 11 is 3.27. The lowest BCUT2D eigenvalue weighted by Gasteiger charge is -2.34. The molecule has 0 unspecified atom stereocenters. The smallest absolute Gasteiger partial charge is 0.255 e. The Kier molecular flexibility index (Phi) is 6.90. The van der Waals surface area contributed by atoms with Gasteiger partial charge in [0.15, 0.2) is 0 Å². The lowest BCUT2D eigenvalue weighted by molar-refractivity contribution is -0.127. The van der Waals surface area contributed by atoms with E-state index in [0.717, 1.165) is 69.1 Å². The van der Waals surface area contributed by atoms with Crippen LogP contribution in [0.3, 0.4) is 0 Å². The summed E-state index contributed by atoms with van der Waals surface area (Å²) < 4.78 is 0. The Bertz CT molecular complexity index is 826. The van der Waals surface area contributed by atoms with E-state index in [4.69, 9.17) is 0 Å². The van der Waals surface area contributed by atoms with Gasteiger partial charge in [-0.25, -0.2) is 0 Å². The number of rotatable bonds is 6. The van der Waals surface area contributed by atoms with E-state index >= 15 is 0 Å². The molecule has 1 aromatic carbocycles. The quantitative estimate of drug-likeness (QED) is 0.660. The second-order valence-electron chi connectivity index (χ2n) is 7.52. The van der Waals surface area contributed by atoms with Gasteiger partial charge in [0.05, 0.1) is 11.3 Å². The molecule has 0 aliphatic carbocycles. The zero-order chi connectivity index (χ0) is 20.1. The third-order valence-electron chi connectivity index (χ3n) is 5.55. The van der Waals surface area contributed by atoms with Gasteiger partial charge in [-0.05, 0) is 36.4 Å². The van der Waals surface area contributed by atoms with Gasteiger partial charge in [-0.15, -0.1) is 23.1 Å². The first kappa shape index (κ1) is 20.4. The summed E-state index contributed by atoms with van der Waals surface area (Å²) in [5.74, 6) is 0.660. The monoisotopic (exact) mass is 429 g/mol. The predicted octanol–water partition coefficient (Wildman–Crippen LogP) is 3.42. The van der Waals surface area contributed by atoms with E-state index in [1.165, 1.54) is 16.6 Å². The second-order valence-corrected chi connectivity index (χ2v) is 9.57. The number of hydrogen-bond acceptors (Lipinski definition) is 5. The van der Waals surface area contributed by atoms with Crippen LogP contribution in [0.25, 0.3) is 0 Å². The number of nitrogens with zero attached hydrogens (tertiary/aromatic N) is 3. The number of carbonyl (C=O) groups excluding carboxylic acids is 2. The maximum Gasteiger partial charge on any atom is 0.255 e. The first-order chi connectivity index (χ1) is 14.2. The zero-order valence-corrected chi connectivity index (χ0v) is 18.2. The molecule has 4 rings (SSSR count). The molecule has 2 aliphatic rings. The lowest BCUT2D eigenvalue weighted by Crippen LogP contribution is -2.48. The van der Waals surface area contributed by atoms with Gasteiger partial charge < -0.3 is 9.80 Å². The van der Waals surface area contributed by atoms with Gasteiger partial charge in [0.25, 0.3) is 5.91 Å². The molecule has 0 spiro atoms. The zero-order valence-electron chi connectivity index (χ0n) is 16.6. The van der Waals surface area contributed by atoms with Crippen molar-refractivity contribution in [2.45, 2.75) is 24.3 Å². The van der Waals surface area contributed by atoms with Crippen molar-refractivity contribution in [2.24, 2.45) is 0 Å². The number of hydrogen-bond donors (Lipinski definition) is 0. The molecule has 0 N–H and O–H groups in total. The number of amides is 2. The Morgan fingerprint density at radius 1 is 0.897 bits per heavy atom. The highest BCUT2D eigenvalue weighted by molar-refractivity contribution is 8.00. The number of carbonyl (C=O) groups is 2. The summed E-state index contributed by atoms with van der Waals surface area (Å²) in [5, 5.41) is 2.11. The minimum atomic E-state index is 0.0810. The third-order valence-corrected chi connectivity index (χ3v) is 7.47. The summed E-state index contributed by atoms with van der Waals surface area (Å²) in [6, 6.07) is 12.0. The SMILES string of the molecule is O=C(CSc1ccccc1C(=O)N1CCN(Cc2cccs2)CC1)N1CCCC1. The first-order valence-electron chi connectivity index (χ1n) is 10.2. The van der Waals surface area contributed by atoms with Crippen LogP contribution in [0, 0.1) is 0 Å². The molecule has 0 saturated carbocycles. The molecule has 5 nitrogen and oxygen atoms in total. The van der Waals surface area contributed by atoms with E-state index < -0.39 is 0 Å². The molecule has 2 amide bonds. The van der Waals surface area contributed by atoms with Crippen LogP contribution in [-0.4, -0.2) is 71.5 Å². The molecule has 2 aromatic rings. The molecule has 154 valence electrons. The van der Waals surface area contributed by atoms with Crippen LogP contribution in [0.4, 0.5) is 0 Å². The van der Waals surface area contributed by atoms with Crippen LogP contribution in [0.2, 0.25) is 0 Å². The number of thiophene rings is 1. The fourth-order valence-corrected chi connectivity index (χ4v) is 5.56. The maximum atomic E-state index is 13.1. The molecular weight excluding hydrogens is 402 g/mol. The van der Waals surface area contributed by atoms with Crippen molar-refractivity contribution in [3.8, 4) is 0 Å². The Hall–Kier alpha value is -1.83. The number of benzene rings is 1. The summed E-state index contributed by atoms with van der Waals surface area (Å²) in [4.78, 5) is 34.1. The van der Waals surface area contributed by atoms with Gasteiger partial charge in [0, 0.05) is 55.6 Å².